The maximum absolute atomic E-state index is 13.4. The van der Waals surface area contributed by atoms with Crippen LogP contribution in [0.25, 0.3) is 11.5 Å². The topological polar surface area (TPSA) is 90.7 Å². The molecule has 0 aliphatic carbocycles. The summed E-state index contributed by atoms with van der Waals surface area (Å²) >= 11 is 5.95. The highest BCUT2D eigenvalue weighted by Gasteiger charge is 2.30. The molecule has 0 saturated carbocycles. The van der Waals surface area contributed by atoms with Crippen molar-refractivity contribution in [3.63, 3.8) is 0 Å². The molecule has 158 valence electrons. The zero-order valence-electron chi connectivity index (χ0n) is 16.4. The van der Waals surface area contributed by atoms with Crippen molar-refractivity contribution in [2.24, 2.45) is 0 Å². The first kappa shape index (κ1) is 20.6. The summed E-state index contributed by atoms with van der Waals surface area (Å²) in [5.74, 6) is 1.22. The Kier molecular flexibility index (Phi) is 5.87. The van der Waals surface area contributed by atoms with E-state index in [2.05, 4.69) is 10.3 Å². The van der Waals surface area contributed by atoms with Crippen LogP contribution in [0.3, 0.4) is 0 Å². The van der Waals surface area contributed by atoms with Crippen molar-refractivity contribution in [1.82, 2.24) is 4.98 Å². The summed E-state index contributed by atoms with van der Waals surface area (Å²) in [5, 5.41) is 3.46. The van der Waals surface area contributed by atoms with Crippen molar-refractivity contribution in [2.75, 3.05) is 25.1 Å². The van der Waals surface area contributed by atoms with Crippen molar-refractivity contribution in [3.8, 4) is 23.0 Å². The van der Waals surface area contributed by atoms with E-state index in [1.165, 1.54) is 12.1 Å². The molecular formula is C21H21ClN2O5S. The summed E-state index contributed by atoms with van der Waals surface area (Å²) < 4.78 is 43.6. The van der Waals surface area contributed by atoms with Gasteiger partial charge in [0.25, 0.3) is 0 Å². The lowest BCUT2D eigenvalue weighted by Gasteiger charge is -2.18. The van der Waals surface area contributed by atoms with Crippen LogP contribution in [0, 0.1) is 0 Å². The second kappa shape index (κ2) is 8.57. The van der Waals surface area contributed by atoms with Gasteiger partial charge in [-0.3, -0.25) is 0 Å². The van der Waals surface area contributed by atoms with Gasteiger partial charge in [-0.25, -0.2) is 8.42 Å². The van der Waals surface area contributed by atoms with E-state index < -0.39 is 9.84 Å². The van der Waals surface area contributed by atoms with E-state index in [9.17, 15) is 8.42 Å². The number of rotatable bonds is 7. The summed E-state index contributed by atoms with van der Waals surface area (Å²) in [7, 11) is -3.96. The van der Waals surface area contributed by atoms with Crippen LogP contribution in [0.5, 0.6) is 11.5 Å². The van der Waals surface area contributed by atoms with Crippen LogP contribution in [0.1, 0.15) is 19.8 Å². The fraction of sp³-hybridized carbons (Fsp3) is 0.286. The molecular weight excluding hydrogens is 428 g/mol. The van der Waals surface area contributed by atoms with Crippen molar-refractivity contribution >= 4 is 27.3 Å². The second-order valence-electron chi connectivity index (χ2n) is 6.75. The van der Waals surface area contributed by atoms with E-state index >= 15 is 0 Å². The standard InChI is InChI=1S/C21H21ClN2O5S/c1-2-3-10-23-20-21(24-19(29-20)14-4-6-15(22)7-5-14)30(25,26)16-8-9-17-18(13-16)28-12-11-27-17/h4-9,13,23H,2-3,10-12H2,1H3. The molecule has 0 saturated heterocycles. The van der Waals surface area contributed by atoms with Crippen LogP contribution in [0.2, 0.25) is 5.02 Å². The van der Waals surface area contributed by atoms with Gasteiger partial charge in [-0.1, -0.05) is 24.9 Å². The van der Waals surface area contributed by atoms with Gasteiger partial charge in [0, 0.05) is 23.2 Å². The van der Waals surface area contributed by atoms with Gasteiger partial charge in [0.2, 0.25) is 26.6 Å². The minimum Gasteiger partial charge on any atom is -0.486 e. The molecule has 2 aromatic carbocycles. The largest absolute Gasteiger partial charge is 0.486 e. The molecule has 0 radical (unpaired) electrons. The van der Waals surface area contributed by atoms with Crippen molar-refractivity contribution in [3.05, 3.63) is 47.5 Å². The van der Waals surface area contributed by atoms with Crippen molar-refractivity contribution < 1.29 is 22.3 Å². The lowest BCUT2D eigenvalue weighted by molar-refractivity contribution is 0.171. The summed E-state index contributed by atoms with van der Waals surface area (Å²) in [5.41, 5.74) is 0.626. The van der Waals surface area contributed by atoms with Gasteiger partial charge in [-0.15, -0.1) is 0 Å². The Morgan fingerprint density at radius 2 is 1.80 bits per heavy atom. The predicted molar refractivity (Wildman–Crippen MR) is 113 cm³/mol. The van der Waals surface area contributed by atoms with Crippen molar-refractivity contribution in [2.45, 2.75) is 29.7 Å². The number of hydrogen-bond acceptors (Lipinski definition) is 7. The number of fused-ring (bicyclic) bond motifs is 1. The van der Waals surface area contributed by atoms with E-state index in [0.717, 1.165) is 12.8 Å². The second-order valence-corrected chi connectivity index (χ2v) is 9.05. The van der Waals surface area contributed by atoms with Crippen LogP contribution in [-0.4, -0.2) is 33.2 Å². The van der Waals surface area contributed by atoms with Gasteiger partial charge >= 0.3 is 0 Å². The number of oxazole rings is 1. The number of halogens is 1. The maximum Gasteiger partial charge on any atom is 0.233 e. The molecule has 0 spiro atoms. The number of sulfone groups is 1. The minimum atomic E-state index is -3.96. The Labute approximate surface area is 179 Å². The molecule has 4 rings (SSSR count). The van der Waals surface area contributed by atoms with Gasteiger partial charge < -0.3 is 19.2 Å². The molecule has 0 amide bonds. The van der Waals surface area contributed by atoms with Crippen LogP contribution in [0.15, 0.2) is 56.8 Å². The molecule has 30 heavy (non-hydrogen) atoms. The normalized spacial score (nSPS) is 13.3. The molecule has 0 atom stereocenters. The fourth-order valence-corrected chi connectivity index (χ4v) is 4.42. The van der Waals surface area contributed by atoms with Crippen LogP contribution < -0.4 is 14.8 Å². The number of nitrogens with zero attached hydrogens (tertiary/aromatic N) is 1. The summed E-state index contributed by atoms with van der Waals surface area (Å²) in [6.07, 6.45) is 1.82. The molecule has 2 heterocycles. The van der Waals surface area contributed by atoms with Crippen LogP contribution >= 0.6 is 11.6 Å². The molecule has 1 aliphatic rings. The highest BCUT2D eigenvalue weighted by molar-refractivity contribution is 7.91. The summed E-state index contributed by atoms with van der Waals surface area (Å²) in [4.78, 5) is 4.37. The van der Waals surface area contributed by atoms with Gasteiger partial charge in [0.1, 0.15) is 13.2 Å². The van der Waals surface area contributed by atoms with Crippen LogP contribution in [-0.2, 0) is 9.84 Å². The molecule has 1 N–H and O–H groups in total. The Morgan fingerprint density at radius 3 is 2.53 bits per heavy atom. The third-order valence-corrected chi connectivity index (χ3v) is 6.49. The van der Waals surface area contributed by atoms with E-state index in [-0.39, 0.29) is 21.7 Å². The van der Waals surface area contributed by atoms with E-state index in [0.29, 0.717) is 41.8 Å². The first-order valence-electron chi connectivity index (χ1n) is 9.64. The van der Waals surface area contributed by atoms with E-state index in [4.69, 9.17) is 25.5 Å². The molecule has 3 aromatic rings. The minimum absolute atomic E-state index is 0.0567. The number of unbranched alkanes of at least 4 members (excludes halogenated alkanes) is 1. The lowest BCUT2D eigenvalue weighted by atomic mass is 10.2. The smallest absolute Gasteiger partial charge is 0.233 e. The average molecular weight is 449 g/mol. The number of nitrogens with one attached hydrogen (secondary N) is 1. The molecule has 0 bridgehead atoms. The average Bonchev–Trinajstić information content (AvgIpc) is 3.19. The zero-order valence-corrected chi connectivity index (χ0v) is 17.9. The number of aromatic nitrogens is 1. The maximum atomic E-state index is 13.4. The number of ether oxygens (including phenoxy) is 2. The summed E-state index contributed by atoms with van der Waals surface area (Å²) in [6.45, 7) is 3.41. The Hall–Kier alpha value is -2.71. The first-order valence-corrected chi connectivity index (χ1v) is 11.5. The number of benzene rings is 2. The van der Waals surface area contributed by atoms with Gasteiger partial charge in [-0.2, -0.15) is 4.98 Å². The SMILES string of the molecule is CCCCNc1oc(-c2ccc(Cl)cc2)nc1S(=O)(=O)c1ccc2c(c1)OCCO2. The Morgan fingerprint density at radius 1 is 1.07 bits per heavy atom. The zero-order chi connectivity index (χ0) is 21.1. The summed E-state index contributed by atoms with van der Waals surface area (Å²) in [6, 6.07) is 11.4. The number of anilines is 1. The molecule has 1 aliphatic heterocycles. The monoisotopic (exact) mass is 448 g/mol. The highest BCUT2D eigenvalue weighted by Crippen LogP contribution is 2.37. The van der Waals surface area contributed by atoms with Crippen molar-refractivity contribution in [1.29, 1.82) is 0 Å². The molecule has 7 nitrogen and oxygen atoms in total. The van der Waals surface area contributed by atoms with Crippen LogP contribution in [0.4, 0.5) is 5.88 Å². The van der Waals surface area contributed by atoms with E-state index in [1.54, 1.807) is 30.3 Å². The lowest BCUT2D eigenvalue weighted by Crippen LogP contribution is -2.16. The third-order valence-electron chi connectivity index (χ3n) is 4.58. The van der Waals surface area contributed by atoms with Gasteiger partial charge in [-0.05, 0) is 42.8 Å². The Bertz CT molecular complexity index is 1140. The molecule has 9 heteroatoms. The number of hydrogen-bond donors (Lipinski definition) is 1. The highest BCUT2D eigenvalue weighted by atomic mass is 35.5. The Balaban J connectivity index is 1.76. The van der Waals surface area contributed by atoms with Gasteiger partial charge in [0.05, 0.1) is 4.90 Å². The first-order chi connectivity index (χ1) is 14.5. The predicted octanol–water partition coefficient (Wildman–Crippen LogP) is 4.81. The van der Waals surface area contributed by atoms with E-state index in [1.807, 2.05) is 6.92 Å². The molecule has 1 aromatic heterocycles. The molecule has 0 fully saturated rings. The third kappa shape index (κ3) is 4.11. The molecule has 0 unspecified atom stereocenters. The quantitative estimate of drug-likeness (QED) is 0.518. The van der Waals surface area contributed by atoms with Gasteiger partial charge in [0.15, 0.2) is 11.5 Å². The fourth-order valence-electron chi connectivity index (χ4n) is 3.00.